The van der Waals surface area contributed by atoms with Gasteiger partial charge in [0.25, 0.3) is 0 Å². The van der Waals surface area contributed by atoms with Gasteiger partial charge in [0.15, 0.2) is 5.52 Å². The Labute approximate surface area is 278 Å². The Morgan fingerprint density at radius 2 is 0.750 bits per heavy atom. The van der Waals surface area contributed by atoms with Gasteiger partial charge in [-0.15, -0.1) is 0 Å². The molecule has 5 heteroatoms. The Kier molecular flexibility index (Phi) is 33.8. The van der Waals surface area contributed by atoms with Crippen LogP contribution in [0.2, 0.25) is 0 Å². The minimum absolute atomic E-state index is 0.0392. The number of rotatable bonds is 37. The molecule has 0 aromatic heterocycles. The molecule has 0 aromatic carbocycles. The lowest BCUT2D eigenvalue weighted by Gasteiger charge is -2.23. The third kappa shape index (κ3) is 37.9. The maximum absolute atomic E-state index is 12.2. The fraction of sp³-hybridized carbons (Fsp3) is 0.949. The Bertz CT molecular complexity index is 619. The van der Waals surface area contributed by atoms with Crippen LogP contribution in [0.1, 0.15) is 206 Å². The number of unbranched alkanes of at least 4 members (excludes halogenated alkanes) is 26. The number of nitrogens with zero attached hydrogens (tertiary/aromatic N) is 1. The summed E-state index contributed by atoms with van der Waals surface area (Å²) in [6, 6.07) is 0. The maximum atomic E-state index is 12.2. The lowest BCUT2D eigenvalue weighted by molar-refractivity contribution is -0.870. The summed E-state index contributed by atoms with van der Waals surface area (Å²) in [6.07, 6.45) is 39.5. The van der Waals surface area contributed by atoms with Gasteiger partial charge in [0.1, 0.15) is 18.9 Å². The predicted octanol–water partition coefficient (Wildman–Crippen LogP) is 12.5. The summed E-state index contributed by atoms with van der Waals surface area (Å²) in [5.74, 6) is 0.510. The minimum atomic E-state index is 0.0392. The van der Waals surface area contributed by atoms with Crippen LogP contribution in [0.4, 0.5) is 0 Å². The molecule has 0 spiro atoms. The molecular formula is C39H79NO3P+. The van der Waals surface area contributed by atoms with E-state index in [0.29, 0.717) is 18.8 Å². The van der Waals surface area contributed by atoms with E-state index in [1.165, 1.54) is 161 Å². The average molecular weight is 641 g/mol. The number of Topliss-reactive ketones (excluding diaryl/α,β-unsaturated/α-hetero) is 1. The highest BCUT2D eigenvalue weighted by Gasteiger charge is 2.08. The zero-order chi connectivity index (χ0) is 32.4. The molecule has 0 aromatic rings. The van der Waals surface area contributed by atoms with Crippen molar-refractivity contribution in [3.8, 4) is 0 Å². The monoisotopic (exact) mass is 641 g/mol. The van der Waals surface area contributed by atoms with Crippen molar-refractivity contribution in [2.24, 2.45) is 0 Å². The van der Waals surface area contributed by atoms with Crippen LogP contribution in [0.25, 0.3) is 0 Å². The summed E-state index contributed by atoms with van der Waals surface area (Å²) >= 11 is 0. The van der Waals surface area contributed by atoms with Crippen molar-refractivity contribution < 1.29 is 18.6 Å². The van der Waals surface area contributed by atoms with E-state index in [2.05, 4.69) is 28.1 Å². The highest BCUT2D eigenvalue weighted by Crippen LogP contribution is 2.19. The number of quaternary nitrogens is 1. The quantitative estimate of drug-likeness (QED) is 0.0385. The van der Waals surface area contributed by atoms with E-state index < -0.39 is 0 Å². The molecule has 0 N–H and O–H groups in total. The first-order chi connectivity index (χ1) is 21.3. The van der Waals surface area contributed by atoms with Crippen LogP contribution in [-0.4, -0.2) is 50.1 Å². The predicted molar refractivity (Wildman–Crippen MR) is 196 cm³/mol. The van der Waals surface area contributed by atoms with Crippen molar-refractivity contribution in [3.05, 3.63) is 0 Å². The molecular weight excluding hydrogens is 561 g/mol. The fourth-order valence-electron chi connectivity index (χ4n) is 5.87. The smallest absolute Gasteiger partial charge is 0.178 e. The first-order valence-electron chi connectivity index (χ1n) is 19.6. The van der Waals surface area contributed by atoms with Crippen molar-refractivity contribution in [1.82, 2.24) is 0 Å². The maximum Gasteiger partial charge on any atom is 0.178 e. The van der Waals surface area contributed by atoms with E-state index in [0.717, 1.165) is 43.1 Å². The van der Waals surface area contributed by atoms with E-state index >= 15 is 0 Å². The number of likely N-dealkylation sites (N-methyl/N-ethyl adjacent to an activating group) is 1. The largest absolute Gasteiger partial charge is 0.349 e. The molecule has 0 saturated carbocycles. The van der Waals surface area contributed by atoms with Crippen LogP contribution in [0.5, 0.6) is 0 Å². The van der Waals surface area contributed by atoms with Crippen molar-refractivity contribution in [2.45, 2.75) is 206 Å². The topological polar surface area (TPSA) is 43.4 Å². The molecule has 0 rings (SSSR count). The standard InChI is InChI=1S/C39H79NO3P/c1-5-6-7-8-9-10-11-15-18-21-24-27-30-33-38(41)34-31-28-25-22-19-16-13-12-14-17-20-23-26-29-32-35-39(42)44-43-37-36-40(2,3)4/h44H,5-37H2,1-4H3/q+1. The Morgan fingerprint density at radius 1 is 0.455 bits per heavy atom. The Morgan fingerprint density at radius 3 is 1.07 bits per heavy atom. The van der Waals surface area contributed by atoms with Gasteiger partial charge in [0, 0.05) is 19.3 Å². The lowest BCUT2D eigenvalue weighted by Crippen LogP contribution is -2.37. The van der Waals surface area contributed by atoms with Crippen LogP contribution in [0.3, 0.4) is 0 Å². The lowest BCUT2D eigenvalue weighted by atomic mass is 10.0. The van der Waals surface area contributed by atoms with Crippen LogP contribution in [0.15, 0.2) is 0 Å². The highest BCUT2D eigenvalue weighted by atomic mass is 31.1. The van der Waals surface area contributed by atoms with Crippen LogP contribution >= 0.6 is 8.81 Å². The first kappa shape index (κ1) is 43.7. The van der Waals surface area contributed by atoms with Crippen LogP contribution in [0, 0.1) is 0 Å². The summed E-state index contributed by atoms with van der Waals surface area (Å²) in [5, 5.41) is 0. The van der Waals surface area contributed by atoms with Gasteiger partial charge in [-0.25, -0.2) is 0 Å². The molecule has 1 unspecified atom stereocenters. The van der Waals surface area contributed by atoms with E-state index in [-0.39, 0.29) is 14.3 Å². The van der Waals surface area contributed by atoms with Crippen LogP contribution in [-0.2, 0) is 14.1 Å². The second-order valence-corrected chi connectivity index (χ2v) is 15.8. The van der Waals surface area contributed by atoms with Gasteiger partial charge in [-0.3, -0.25) is 9.59 Å². The molecule has 0 bridgehead atoms. The van der Waals surface area contributed by atoms with E-state index in [1.807, 2.05) is 0 Å². The molecule has 0 saturated heterocycles. The Hall–Kier alpha value is -0.310. The second kappa shape index (κ2) is 34.0. The summed E-state index contributed by atoms with van der Waals surface area (Å²) < 4.78 is 6.42. The summed E-state index contributed by atoms with van der Waals surface area (Å²) in [5.41, 5.74) is 0.289. The van der Waals surface area contributed by atoms with E-state index in [4.69, 9.17) is 4.52 Å². The SMILES string of the molecule is CCCCCCCCCCCCCCCC(=O)CCCCCCCCCCCCCCCCCC(=O)POCC[N+](C)(C)C. The van der Waals surface area contributed by atoms with Crippen LogP contribution < -0.4 is 0 Å². The molecule has 0 aliphatic rings. The average Bonchev–Trinajstić information content (AvgIpc) is 2.98. The summed E-state index contributed by atoms with van der Waals surface area (Å²) in [6.45, 7) is 3.91. The third-order valence-electron chi connectivity index (χ3n) is 8.97. The molecule has 44 heavy (non-hydrogen) atoms. The second-order valence-electron chi connectivity index (χ2n) is 14.7. The highest BCUT2D eigenvalue weighted by molar-refractivity contribution is 7.53. The van der Waals surface area contributed by atoms with Gasteiger partial charge in [0.05, 0.1) is 30.0 Å². The number of carbonyl (C=O) groups is 2. The van der Waals surface area contributed by atoms with Gasteiger partial charge >= 0.3 is 0 Å². The zero-order valence-electron chi connectivity index (χ0n) is 30.5. The molecule has 4 nitrogen and oxygen atoms in total. The number of hydrogen-bond acceptors (Lipinski definition) is 3. The van der Waals surface area contributed by atoms with E-state index in [1.54, 1.807) is 0 Å². The first-order valence-corrected chi connectivity index (χ1v) is 20.5. The molecule has 0 fully saturated rings. The molecule has 0 amide bonds. The van der Waals surface area contributed by atoms with E-state index in [9.17, 15) is 9.59 Å². The molecule has 0 aliphatic carbocycles. The fourth-order valence-corrected chi connectivity index (χ4v) is 6.51. The normalized spacial score (nSPS) is 12.1. The minimum Gasteiger partial charge on any atom is -0.349 e. The molecule has 0 radical (unpaired) electrons. The molecule has 0 aliphatic heterocycles. The van der Waals surface area contributed by atoms with Gasteiger partial charge < -0.3 is 9.01 Å². The summed E-state index contributed by atoms with van der Waals surface area (Å²) in [7, 11) is 6.47. The van der Waals surface area contributed by atoms with Gasteiger partial charge in [-0.2, -0.15) is 0 Å². The number of carbonyl (C=O) groups excluding carboxylic acids is 2. The van der Waals surface area contributed by atoms with Crippen molar-refractivity contribution in [1.29, 1.82) is 0 Å². The zero-order valence-corrected chi connectivity index (χ0v) is 31.5. The Balaban J connectivity index is 3.21. The van der Waals surface area contributed by atoms with Gasteiger partial charge in [-0.05, 0) is 19.3 Å². The number of ketones is 1. The molecule has 262 valence electrons. The van der Waals surface area contributed by atoms with Gasteiger partial charge in [0.2, 0.25) is 0 Å². The van der Waals surface area contributed by atoms with Crippen molar-refractivity contribution in [3.63, 3.8) is 0 Å². The van der Waals surface area contributed by atoms with Gasteiger partial charge in [-0.1, -0.05) is 167 Å². The number of hydrogen-bond donors (Lipinski definition) is 0. The molecule has 1 atom stereocenters. The summed E-state index contributed by atoms with van der Waals surface area (Å²) in [4.78, 5) is 24.1. The van der Waals surface area contributed by atoms with Crippen molar-refractivity contribution >= 4 is 20.1 Å². The third-order valence-corrected chi connectivity index (χ3v) is 9.79. The van der Waals surface area contributed by atoms with Crippen molar-refractivity contribution in [2.75, 3.05) is 34.3 Å². The molecule has 0 heterocycles.